The molecule has 0 fully saturated rings. The molecule has 0 saturated carbocycles. The van der Waals surface area contributed by atoms with Gasteiger partial charge < -0.3 is 9.47 Å². The van der Waals surface area contributed by atoms with E-state index >= 15 is 0 Å². The average molecular weight is 248 g/mol. The van der Waals surface area contributed by atoms with Gasteiger partial charge in [-0.1, -0.05) is 0 Å². The number of nitrogens with zero attached hydrogens (tertiary/aromatic N) is 4. The molecule has 0 saturated heterocycles. The fourth-order valence-corrected chi connectivity index (χ4v) is 1.15. The second kappa shape index (κ2) is 5.73. The number of nitrogen functional groups attached to an aromatic ring is 1. The second-order valence-electron chi connectivity index (χ2n) is 3.09. The van der Waals surface area contributed by atoms with Gasteiger partial charge in [-0.15, -0.1) is 4.98 Å². The molecule has 2 heterocycles. The van der Waals surface area contributed by atoms with E-state index in [-0.39, 0.29) is 18.0 Å². The van der Waals surface area contributed by atoms with Gasteiger partial charge in [0.05, 0.1) is 12.8 Å². The predicted octanol–water partition coefficient (Wildman–Crippen LogP) is 0.743. The summed E-state index contributed by atoms with van der Waals surface area (Å²) in [6.07, 6.45) is 3.18. The molecule has 0 aliphatic carbocycles. The number of nitrogens with one attached hydrogen (secondary N) is 1. The molecule has 0 aliphatic heterocycles. The maximum atomic E-state index is 5.41. The average Bonchev–Trinajstić information content (AvgIpc) is 2.40. The number of ether oxygens (including phenoxy) is 2. The van der Waals surface area contributed by atoms with E-state index in [9.17, 15) is 0 Å². The van der Waals surface area contributed by atoms with E-state index in [0.29, 0.717) is 12.4 Å². The minimum absolute atomic E-state index is 0.0781. The molecule has 3 N–H and O–H groups in total. The van der Waals surface area contributed by atoms with Crippen LogP contribution in [-0.2, 0) is 0 Å². The zero-order chi connectivity index (χ0) is 12.8. The number of hydrazine groups is 1. The first-order chi connectivity index (χ1) is 8.81. The summed E-state index contributed by atoms with van der Waals surface area (Å²) in [6.45, 7) is 2.25. The zero-order valence-electron chi connectivity index (χ0n) is 9.70. The van der Waals surface area contributed by atoms with Crippen molar-refractivity contribution >= 4 is 5.95 Å². The van der Waals surface area contributed by atoms with Crippen molar-refractivity contribution in [1.29, 1.82) is 0 Å². The Hall–Kier alpha value is -2.48. The molecule has 0 atom stereocenters. The highest BCUT2D eigenvalue weighted by atomic mass is 16.5. The lowest BCUT2D eigenvalue weighted by molar-refractivity contribution is 0.303. The number of rotatable bonds is 5. The molecule has 0 radical (unpaired) electrons. The van der Waals surface area contributed by atoms with Crippen molar-refractivity contribution in [3.63, 3.8) is 0 Å². The molecule has 94 valence electrons. The van der Waals surface area contributed by atoms with E-state index in [1.165, 1.54) is 0 Å². The Bertz CT molecular complexity index is 507. The van der Waals surface area contributed by atoms with Crippen molar-refractivity contribution in [2.45, 2.75) is 6.92 Å². The number of anilines is 1. The van der Waals surface area contributed by atoms with Crippen LogP contribution < -0.4 is 20.7 Å². The van der Waals surface area contributed by atoms with Gasteiger partial charge in [0.15, 0.2) is 0 Å². The Morgan fingerprint density at radius 2 is 2.11 bits per heavy atom. The lowest BCUT2D eigenvalue weighted by Gasteiger charge is -2.07. The summed E-state index contributed by atoms with van der Waals surface area (Å²) >= 11 is 0. The van der Waals surface area contributed by atoms with Gasteiger partial charge in [0.1, 0.15) is 5.75 Å². The smallest absolute Gasteiger partial charge is 0.330 e. The molecule has 18 heavy (non-hydrogen) atoms. The summed E-state index contributed by atoms with van der Waals surface area (Å²) in [5.41, 5.74) is 2.31. The van der Waals surface area contributed by atoms with E-state index < -0.39 is 0 Å². The number of aromatic nitrogens is 4. The van der Waals surface area contributed by atoms with Crippen LogP contribution in [-0.4, -0.2) is 26.5 Å². The Morgan fingerprint density at radius 1 is 1.28 bits per heavy atom. The number of pyridine rings is 1. The van der Waals surface area contributed by atoms with Gasteiger partial charge in [-0.3, -0.25) is 10.4 Å². The van der Waals surface area contributed by atoms with Crippen LogP contribution in [0.3, 0.4) is 0 Å². The largest absolute Gasteiger partial charge is 0.464 e. The Morgan fingerprint density at radius 3 is 2.78 bits per heavy atom. The molecule has 2 rings (SSSR count). The molecule has 0 unspecified atom stereocenters. The molecular formula is C10H12N6O2. The summed E-state index contributed by atoms with van der Waals surface area (Å²) < 4.78 is 10.6. The molecule has 0 aliphatic rings. The summed E-state index contributed by atoms with van der Waals surface area (Å²) in [4.78, 5) is 15.7. The third-order valence-corrected chi connectivity index (χ3v) is 1.84. The van der Waals surface area contributed by atoms with E-state index in [1.54, 1.807) is 24.5 Å². The highest BCUT2D eigenvalue weighted by Crippen LogP contribution is 2.18. The molecule has 8 heteroatoms. The third-order valence-electron chi connectivity index (χ3n) is 1.84. The highest BCUT2D eigenvalue weighted by molar-refractivity contribution is 5.27. The molecular weight excluding hydrogens is 236 g/mol. The van der Waals surface area contributed by atoms with E-state index in [2.05, 4.69) is 25.4 Å². The molecule has 0 spiro atoms. The summed E-state index contributed by atoms with van der Waals surface area (Å²) in [7, 11) is 0. The SMILES string of the molecule is CCOc1nc(NN)nc(Oc2cccnc2)n1. The first-order valence-corrected chi connectivity index (χ1v) is 5.25. The van der Waals surface area contributed by atoms with Gasteiger partial charge in [-0.25, -0.2) is 5.84 Å². The third kappa shape index (κ3) is 3.01. The van der Waals surface area contributed by atoms with Crippen molar-refractivity contribution in [3.8, 4) is 17.8 Å². The maximum Gasteiger partial charge on any atom is 0.330 e. The van der Waals surface area contributed by atoms with Crippen LogP contribution in [0.5, 0.6) is 17.8 Å². The lowest BCUT2D eigenvalue weighted by Crippen LogP contribution is -2.12. The zero-order valence-corrected chi connectivity index (χ0v) is 9.70. The number of hydrogen-bond acceptors (Lipinski definition) is 8. The van der Waals surface area contributed by atoms with Gasteiger partial charge in [0.25, 0.3) is 0 Å². The lowest BCUT2D eigenvalue weighted by atomic mass is 10.5. The topological polar surface area (TPSA) is 108 Å². The number of nitrogens with two attached hydrogens (primary N) is 1. The molecule has 0 bridgehead atoms. The van der Waals surface area contributed by atoms with Gasteiger partial charge in [0.2, 0.25) is 5.95 Å². The van der Waals surface area contributed by atoms with E-state index in [1.807, 2.05) is 6.92 Å². The van der Waals surface area contributed by atoms with Crippen LogP contribution in [0, 0.1) is 0 Å². The van der Waals surface area contributed by atoms with E-state index in [0.717, 1.165) is 0 Å². The van der Waals surface area contributed by atoms with Gasteiger partial charge in [0, 0.05) is 6.20 Å². The number of hydrogen-bond donors (Lipinski definition) is 2. The molecule has 8 nitrogen and oxygen atoms in total. The minimum Gasteiger partial charge on any atom is -0.464 e. The van der Waals surface area contributed by atoms with Crippen LogP contribution >= 0.6 is 0 Å². The monoisotopic (exact) mass is 248 g/mol. The normalized spacial score (nSPS) is 9.89. The first-order valence-electron chi connectivity index (χ1n) is 5.25. The predicted molar refractivity (Wildman–Crippen MR) is 63.1 cm³/mol. The van der Waals surface area contributed by atoms with E-state index in [4.69, 9.17) is 15.3 Å². The summed E-state index contributed by atoms with van der Waals surface area (Å²) in [5.74, 6) is 5.92. The van der Waals surface area contributed by atoms with Crippen LogP contribution in [0.2, 0.25) is 0 Å². The maximum absolute atomic E-state index is 5.41. The first kappa shape index (κ1) is 12.0. The Balaban J connectivity index is 2.24. The molecule has 2 aromatic rings. The molecule has 2 aromatic heterocycles. The van der Waals surface area contributed by atoms with Crippen molar-refractivity contribution in [2.24, 2.45) is 5.84 Å². The van der Waals surface area contributed by atoms with Crippen LogP contribution in [0.15, 0.2) is 24.5 Å². The van der Waals surface area contributed by atoms with Gasteiger partial charge in [-0.05, 0) is 19.1 Å². The van der Waals surface area contributed by atoms with Gasteiger partial charge in [-0.2, -0.15) is 9.97 Å². The van der Waals surface area contributed by atoms with Crippen LogP contribution in [0.4, 0.5) is 5.95 Å². The minimum atomic E-state index is 0.0781. The molecule has 0 aromatic carbocycles. The van der Waals surface area contributed by atoms with Crippen LogP contribution in [0.1, 0.15) is 6.92 Å². The quantitative estimate of drug-likeness (QED) is 0.589. The summed E-state index contributed by atoms with van der Waals surface area (Å²) in [6, 6.07) is 3.68. The fraction of sp³-hybridized carbons (Fsp3) is 0.200. The van der Waals surface area contributed by atoms with Crippen molar-refractivity contribution in [2.75, 3.05) is 12.0 Å². The van der Waals surface area contributed by atoms with Crippen molar-refractivity contribution in [1.82, 2.24) is 19.9 Å². The molecule has 0 amide bonds. The Kier molecular flexibility index (Phi) is 3.82. The van der Waals surface area contributed by atoms with Crippen molar-refractivity contribution < 1.29 is 9.47 Å². The van der Waals surface area contributed by atoms with Crippen molar-refractivity contribution in [3.05, 3.63) is 24.5 Å². The van der Waals surface area contributed by atoms with Gasteiger partial charge >= 0.3 is 12.0 Å². The Labute approximate surface area is 103 Å². The standard InChI is InChI=1S/C10H12N6O2/c1-2-17-9-13-8(16-11)14-10(15-9)18-7-4-3-5-12-6-7/h3-6H,2,11H2,1H3,(H,13,14,15,16). The fourth-order valence-electron chi connectivity index (χ4n) is 1.15. The van der Waals surface area contributed by atoms with Crippen LogP contribution in [0.25, 0.3) is 0 Å². The summed E-state index contributed by atoms with van der Waals surface area (Å²) in [5, 5.41) is 0. The second-order valence-corrected chi connectivity index (χ2v) is 3.09. The highest BCUT2D eigenvalue weighted by Gasteiger charge is 2.08.